The monoisotopic (exact) mass is 455 g/mol. The molecule has 2 aliphatic rings. The third kappa shape index (κ3) is 4.20. The Labute approximate surface area is 191 Å². The number of anilines is 1. The van der Waals surface area contributed by atoms with Crippen molar-refractivity contribution in [2.75, 3.05) is 44.2 Å². The first-order chi connectivity index (χ1) is 15.1. The van der Waals surface area contributed by atoms with Gasteiger partial charge in [-0.1, -0.05) is 23.2 Å². The smallest absolute Gasteiger partial charge is 0.253 e. The van der Waals surface area contributed by atoms with Gasteiger partial charge in [-0.05, 0) is 48.9 Å². The van der Waals surface area contributed by atoms with Crippen molar-refractivity contribution in [1.82, 2.24) is 19.8 Å². The van der Waals surface area contributed by atoms with Crippen LogP contribution in [0.15, 0.2) is 48.8 Å². The molecular formula is C23H23Cl2N5O. The van der Waals surface area contributed by atoms with Crippen molar-refractivity contribution < 1.29 is 4.79 Å². The minimum atomic E-state index is 0.0791. The third-order valence-electron chi connectivity index (χ3n) is 6.25. The molecule has 0 N–H and O–H groups in total. The minimum Gasteiger partial charge on any atom is -0.354 e. The maximum atomic E-state index is 12.8. The molecule has 2 saturated heterocycles. The lowest BCUT2D eigenvalue weighted by Crippen LogP contribution is -2.52. The fourth-order valence-corrected chi connectivity index (χ4v) is 4.86. The molecule has 31 heavy (non-hydrogen) atoms. The van der Waals surface area contributed by atoms with E-state index in [0.29, 0.717) is 21.7 Å². The van der Waals surface area contributed by atoms with Crippen molar-refractivity contribution in [3.05, 3.63) is 64.4 Å². The number of aromatic nitrogens is 2. The van der Waals surface area contributed by atoms with Crippen molar-refractivity contribution in [3.8, 4) is 0 Å². The summed E-state index contributed by atoms with van der Waals surface area (Å²) < 4.78 is 0. The number of piperazine rings is 1. The fourth-order valence-electron chi connectivity index (χ4n) is 4.57. The molecule has 2 aromatic carbocycles. The van der Waals surface area contributed by atoms with Crippen molar-refractivity contribution >= 4 is 45.8 Å². The molecule has 1 aromatic heterocycles. The van der Waals surface area contributed by atoms with Gasteiger partial charge in [0.1, 0.15) is 12.1 Å². The molecule has 1 amide bonds. The second-order valence-electron chi connectivity index (χ2n) is 8.08. The van der Waals surface area contributed by atoms with Crippen molar-refractivity contribution in [2.24, 2.45) is 0 Å². The second kappa shape index (κ2) is 8.61. The number of carbonyl (C=O) groups excluding carboxylic acids is 1. The molecule has 0 spiro atoms. The zero-order valence-corrected chi connectivity index (χ0v) is 18.6. The Balaban J connectivity index is 1.22. The van der Waals surface area contributed by atoms with E-state index in [-0.39, 0.29) is 5.91 Å². The Morgan fingerprint density at radius 1 is 0.903 bits per heavy atom. The highest BCUT2D eigenvalue weighted by atomic mass is 35.5. The molecule has 8 heteroatoms. The molecule has 1 atom stereocenters. The first-order valence-electron chi connectivity index (χ1n) is 10.5. The first kappa shape index (κ1) is 20.5. The molecule has 160 valence electrons. The van der Waals surface area contributed by atoms with Gasteiger partial charge < -0.3 is 9.80 Å². The molecule has 0 saturated carbocycles. The Hall–Kier alpha value is -2.41. The van der Waals surface area contributed by atoms with E-state index in [1.54, 1.807) is 30.6 Å². The lowest BCUT2D eigenvalue weighted by atomic mass is 10.1. The summed E-state index contributed by atoms with van der Waals surface area (Å²) in [6, 6.07) is 13.4. The van der Waals surface area contributed by atoms with E-state index in [2.05, 4.69) is 19.8 Å². The predicted molar refractivity (Wildman–Crippen MR) is 124 cm³/mol. The van der Waals surface area contributed by atoms with E-state index in [1.165, 1.54) is 0 Å². The number of hydrogen-bond acceptors (Lipinski definition) is 5. The topological polar surface area (TPSA) is 52.6 Å². The zero-order valence-electron chi connectivity index (χ0n) is 17.0. The van der Waals surface area contributed by atoms with Crippen molar-refractivity contribution in [2.45, 2.75) is 12.5 Å². The zero-order chi connectivity index (χ0) is 21.4. The summed E-state index contributed by atoms with van der Waals surface area (Å²) in [6.07, 6.45) is 2.70. The van der Waals surface area contributed by atoms with Crippen LogP contribution in [0.25, 0.3) is 10.9 Å². The molecule has 0 bridgehead atoms. The SMILES string of the molecule is O=C(c1ccc(Cl)cc1)N1CCN(C2CCN(c3ncnc4cc(Cl)ccc34)C2)CC1. The van der Waals surface area contributed by atoms with E-state index in [0.717, 1.165) is 62.4 Å². The largest absolute Gasteiger partial charge is 0.354 e. The third-order valence-corrected chi connectivity index (χ3v) is 6.74. The Morgan fingerprint density at radius 2 is 1.65 bits per heavy atom. The van der Waals surface area contributed by atoms with Gasteiger partial charge in [0.2, 0.25) is 0 Å². The highest BCUT2D eigenvalue weighted by Crippen LogP contribution is 2.29. The average molecular weight is 456 g/mol. The van der Waals surface area contributed by atoms with Crippen LogP contribution < -0.4 is 4.90 Å². The van der Waals surface area contributed by atoms with Crippen LogP contribution >= 0.6 is 23.2 Å². The molecule has 3 heterocycles. The van der Waals surface area contributed by atoms with Gasteiger partial charge in [-0.15, -0.1) is 0 Å². The van der Waals surface area contributed by atoms with Gasteiger partial charge in [0, 0.05) is 66.3 Å². The molecule has 0 radical (unpaired) electrons. The second-order valence-corrected chi connectivity index (χ2v) is 8.96. The van der Waals surface area contributed by atoms with Crippen LogP contribution in [0, 0.1) is 0 Å². The number of fused-ring (bicyclic) bond motifs is 1. The summed E-state index contributed by atoms with van der Waals surface area (Å²) in [7, 11) is 0. The maximum absolute atomic E-state index is 12.8. The predicted octanol–water partition coefficient (Wildman–Crippen LogP) is 3.97. The number of benzene rings is 2. The van der Waals surface area contributed by atoms with E-state index in [1.807, 2.05) is 23.1 Å². The Morgan fingerprint density at radius 3 is 2.42 bits per heavy atom. The van der Waals surface area contributed by atoms with Crippen LogP contribution in [0.1, 0.15) is 16.8 Å². The standard InChI is InChI=1S/C23H23Cl2N5O/c24-17-3-1-16(2-4-17)23(31)29-11-9-28(10-12-29)19-7-8-30(14-19)22-20-6-5-18(25)13-21(20)26-15-27-22/h1-6,13,15,19H,7-12,14H2. The lowest BCUT2D eigenvalue weighted by molar-refractivity contribution is 0.0585. The number of halogens is 2. The van der Waals surface area contributed by atoms with Crippen LogP contribution in [0.2, 0.25) is 10.0 Å². The van der Waals surface area contributed by atoms with Gasteiger partial charge in [-0.25, -0.2) is 9.97 Å². The number of nitrogens with zero attached hydrogens (tertiary/aromatic N) is 5. The minimum absolute atomic E-state index is 0.0791. The molecule has 1 unspecified atom stereocenters. The highest BCUT2D eigenvalue weighted by molar-refractivity contribution is 6.31. The normalized spacial score (nSPS) is 19.9. The maximum Gasteiger partial charge on any atom is 0.253 e. The van der Waals surface area contributed by atoms with E-state index in [4.69, 9.17) is 23.2 Å². The van der Waals surface area contributed by atoms with Gasteiger partial charge >= 0.3 is 0 Å². The number of amides is 1. The lowest BCUT2D eigenvalue weighted by Gasteiger charge is -2.38. The number of rotatable bonds is 3. The van der Waals surface area contributed by atoms with Crippen molar-refractivity contribution in [1.29, 1.82) is 0 Å². The van der Waals surface area contributed by atoms with Gasteiger partial charge in [-0.3, -0.25) is 9.69 Å². The van der Waals surface area contributed by atoms with Gasteiger partial charge in [0.25, 0.3) is 5.91 Å². The summed E-state index contributed by atoms with van der Waals surface area (Å²) in [5.41, 5.74) is 1.57. The van der Waals surface area contributed by atoms with Gasteiger partial charge in [-0.2, -0.15) is 0 Å². The Bertz CT molecular complexity index is 1100. The quantitative estimate of drug-likeness (QED) is 0.597. The molecule has 5 rings (SSSR count). The molecule has 2 fully saturated rings. The van der Waals surface area contributed by atoms with Crippen LogP contribution in [0.3, 0.4) is 0 Å². The summed E-state index contributed by atoms with van der Waals surface area (Å²) >= 11 is 12.1. The summed E-state index contributed by atoms with van der Waals surface area (Å²) in [5, 5.41) is 2.36. The van der Waals surface area contributed by atoms with E-state index in [9.17, 15) is 4.79 Å². The van der Waals surface area contributed by atoms with Crippen LogP contribution in [0.5, 0.6) is 0 Å². The van der Waals surface area contributed by atoms with E-state index < -0.39 is 0 Å². The van der Waals surface area contributed by atoms with Gasteiger partial charge in [0.15, 0.2) is 0 Å². The highest BCUT2D eigenvalue weighted by Gasteiger charge is 2.32. The summed E-state index contributed by atoms with van der Waals surface area (Å²) in [6.45, 7) is 5.15. The molecule has 3 aromatic rings. The fraction of sp³-hybridized carbons (Fsp3) is 0.348. The van der Waals surface area contributed by atoms with E-state index >= 15 is 0 Å². The number of hydrogen-bond donors (Lipinski definition) is 0. The first-order valence-corrected chi connectivity index (χ1v) is 11.3. The van der Waals surface area contributed by atoms with Gasteiger partial charge in [0.05, 0.1) is 5.52 Å². The van der Waals surface area contributed by atoms with Crippen LogP contribution in [-0.4, -0.2) is 71.0 Å². The molecule has 0 aliphatic carbocycles. The molecular weight excluding hydrogens is 433 g/mol. The van der Waals surface area contributed by atoms with Crippen LogP contribution in [-0.2, 0) is 0 Å². The Kier molecular flexibility index (Phi) is 5.69. The molecule has 2 aliphatic heterocycles. The molecule has 6 nitrogen and oxygen atoms in total. The number of carbonyl (C=O) groups is 1. The van der Waals surface area contributed by atoms with Crippen LogP contribution in [0.4, 0.5) is 5.82 Å². The average Bonchev–Trinajstić information content (AvgIpc) is 3.29. The van der Waals surface area contributed by atoms with Crippen molar-refractivity contribution in [3.63, 3.8) is 0 Å². The summed E-state index contributed by atoms with van der Waals surface area (Å²) in [4.78, 5) is 28.5. The summed E-state index contributed by atoms with van der Waals surface area (Å²) in [5.74, 6) is 1.05.